The number of carbonyl (C=O) groups is 1. The number of sulfonamides is 1. The van der Waals surface area contributed by atoms with Gasteiger partial charge in [0, 0.05) is 6.04 Å². The van der Waals surface area contributed by atoms with Crippen molar-refractivity contribution in [3.63, 3.8) is 0 Å². The van der Waals surface area contributed by atoms with Gasteiger partial charge in [-0.1, -0.05) is 0 Å². The molecule has 8 heteroatoms. The number of aromatic amines is 1. The van der Waals surface area contributed by atoms with Gasteiger partial charge in [-0.15, -0.1) is 0 Å². The van der Waals surface area contributed by atoms with E-state index in [4.69, 9.17) is 5.11 Å². The predicted octanol–water partition coefficient (Wildman–Crippen LogP) is 0.510. The van der Waals surface area contributed by atoms with E-state index in [0.29, 0.717) is 11.4 Å². The molecular weight excluding hydrogens is 258 g/mol. The maximum atomic E-state index is 12.4. The van der Waals surface area contributed by atoms with Gasteiger partial charge in [-0.25, -0.2) is 8.42 Å². The molecule has 0 unspecified atom stereocenters. The van der Waals surface area contributed by atoms with Crippen molar-refractivity contribution in [1.29, 1.82) is 0 Å². The lowest BCUT2D eigenvalue weighted by atomic mass is 10.4. The lowest BCUT2D eigenvalue weighted by Crippen LogP contribution is -2.40. The number of H-pyrrole nitrogens is 1. The average Bonchev–Trinajstić information content (AvgIpc) is 2.54. The number of aliphatic carboxylic acids is 1. The predicted molar refractivity (Wildman–Crippen MR) is 64.7 cm³/mol. The van der Waals surface area contributed by atoms with E-state index in [1.165, 1.54) is 0 Å². The molecule has 7 nitrogen and oxygen atoms in total. The summed E-state index contributed by atoms with van der Waals surface area (Å²) in [4.78, 5) is 10.8. The van der Waals surface area contributed by atoms with E-state index >= 15 is 0 Å². The van der Waals surface area contributed by atoms with Crippen LogP contribution in [0.2, 0.25) is 0 Å². The number of hydrogen-bond acceptors (Lipinski definition) is 4. The summed E-state index contributed by atoms with van der Waals surface area (Å²) >= 11 is 0. The molecule has 0 fully saturated rings. The summed E-state index contributed by atoms with van der Waals surface area (Å²) in [5, 5.41) is 15.2. The van der Waals surface area contributed by atoms with Crippen molar-refractivity contribution < 1.29 is 18.3 Å². The first-order chi connectivity index (χ1) is 8.17. The number of nitrogens with zero attached hydrogens (tertiary/aromatic N) is 2. The maximum Gasteiger partial charge on any atom is 0.318 e. The van der Waals surface area contributed by atoms with Crippen LogP contribution in [-0.4, -0.2) is 46.6 Å². The minimum atomic E-state index is -3.85. The zero-order valence-electron chi connectivity index (χ0n) is 10.8. The van der Waals surface area contributed by atoms with Gasteiger partial charge in [-0.2, -0.15) is 9.40 Å². The van der Waals surface area contributed by atoms with E-state index in [1.54, 1.807) is 27.7 Å². The molecule has 1 aromatic heterocycles. The number of rotatable bonds is 5. The molecule has 0 aliphatic carbocycles. The monoisotopic (exact) mass is 275 g/mol. The highest BCUT2D eigenvalue weighted by atomic mass is 32.2. The summed E-state index contributed by atoms with van der Waals surface area (Å²) in [6.45, 7) is 5.85. The third-order valence-electron chi connectivity index (χ3n) is 2.49. The summed E-state index contributed by atoms with van der Waals surface area (Å²) in [6.07, 6.45) is 0. The third-order valence-corrected chi connectivity index (χ3v) is 4.78. The van der Waals surface area contributed by atoms with Crippen LogP contribution < -0.4 is 0 Å². The Bertz CT molecular complexity index is 528. The van der Waals surface area contributed by atoms with E-state index in [2.05, 4.69) is 10.2 Å². The SMILES string of the molecule is Cc1n[nH]c(C)c1S(=O)(=O)N(CC(=O)O)C(C)C. The lowest BCUT2D eigenvalue weighted by molar-refractivity contribution is -0.137. The van der Waals surface area contributed by atoms with E-state index < -0.39 is 28.6 Å². The molecule has 0 saturated heterocycles. The quantitative estimate of drug-likeness (QED) is 0.815. The van der Waals surface area contributed by atoms with Crippen molar-refractivity contribution in [2.24, 2.45) is 0 Å². The number of carboxylic acid groups (broad SMARTS) is 1. The highest BCUT2D eigenvalue weighted by Gasteiger charge is 2.32. The number of aromatic nitrogens is 2. The van der Waals surface area contributed by atoms with Crippen LogP contribution in [0.15, 0.2) is 4.90 Å². The van der Waals surface area contributed by atoms with Crippen LogP contribution in [0, 0.1) is 13.8 Å². The van der Waals surface area contributed by atoms with Crippen LogP contribution >= 0.6 is 0 Å². The van der Waals surface area contributed by atoms with Crippen molar-refractivity contribution in [3.05, 3.63) is 11.4 Å². The lowest BCUT2D eigenvalue weighted by Gasteiger charge is -2.24. The third kappa shape index (κ3) is 2.70. The van der Waals surface area contributed by atoms with Gasteiger partial charge in [-0.05, 0) is 27.7 Å². The molecule has 0 spiro atoms. The second-order valence-corrected chi connectivity index (χ2v) is 6.13. The molecule has 0 bridgehead atoms. The second kappa shape index (κ2) is 5.07. The fourth-order valence-corrected chi connectivity index (χ4v) is 3.64. The molecule has 1 rings (SSSR count). The number of carboxylic acids is 1. The van der Waals surface area contributed by atoms with E-state index in [9.17, 15) is 13.2 Å². The first-order valence-corrected chi connectivity index (χ1v) is 6.87. The standard InChI is InChI=1S/C10H17N3O4S/c1-6(2)13(5-9(14)15)18(16,17)10-7(3)11-12-8(10)4/h6H,5H2,1-4H3,(H,11,12)(H,14,15). The maximum absolute atomic E-state index is 12.4. The van der Waals surface area contributed by atoms with Crippen LogP contribution in [0.3, 0.4) is 0 Å². The fraction of sp³-hybridized carbons (Fsp3) is 0.600. The Morgan fingerprint density at radius 3 is 2.33 bits per heavy atom. The fourth-order valence-electron chi connectivity index (χ4n) is 1.72. The molecule has 0 saturated carbocycles. The molecule has 0 radical (unpaired) electrons. The van der Waals surface area contributed by atoms with Crippen molar-refractivity contribution in [2.75, 3.05) is 6.54 Å². The average molecular weight is 275 g/mol. The van der Waals surface area contributed by atoms with Crippen molar-refractivity contribution in [3.8, 4) is 0 Å². The number of aryl methyl sites for hydroxylation is 2. The van der Waals surface area contributed by atoms with Crippen molar-refractivity contribution in [2.45, 2.75) is 38.6 Å². The molecule has 2 N–H and O–H groups in total. The Morgan fingerprint density at radius 1 is 1.44 bits per heavy atom. The first-order valence-electron chi connectivity index (χ1n) is 5.43. The normalized spacial score (nSPS) is 12.3. The topological polar surface area (TPSA) is 103 Å². The molecule has 1 heterocycles. The van der Waals surface area contributed by atoms with Gasteiger partial charge in [0.25, 0.3) is 0 Å². The molecule has 0 aromatic carbocycles. The van der Waals surface area contributed by atoms with Gasteiger partial charge in [0.1, 0.15) is 11.4 Å². The highest BCUT2D eigenvalue weighted by molar-refractivity contribution is 7.89. The zero-order chi connectivity index (χ0) is 14.1. The molecule has 0 amide bonds. The number of nitrogens with one attached hydrogen (secondary N) is 1. The van der Waals surface area contributed by atoms with Gasteiger partial charge in [-0.3, -0.25) is 9.89 Å². The second-order valence-electron chi connectivity index (χ2n) is 4.30. The molecule has 0 aliphatic heterocycles. The van der Waals surface area contributed by atoms with Crippen LogP contribution in [0.1, 0.15) is 25.2 Å². The molecule has 0 atom stereocenters. The summed E-state index contributed by atoms with van der Waals surface area (Å²) in [6, 6.07) is -0.445. The van der Waals surface area contributed by atoms with E-state index in [-0.39, 0.29) is 4.90 Å². The van der Waals surface area contributed by atoms with Crippen molar-refractivity contribution in [1.82, 2.24) is 14.5 Å². The zero-order valence-corrected chi connectivity index (χ0v) is 11.6. The summed E-state index contributed by atoms with van der Waals surface area (Å²) < 4.78 is 25.8. The van der Waals surface area contributed by atoms with Gasteiger partial charge in [0.05, 0.1) is 11.4 Å². The van der Waals surface area contributed by atoms with Gasteiger partial charge in [0.15, 0.2) is 0 Å². The minimum Gasteiger partial charge on any atom is -0.480 e. The molecule has 0 aliphatic rings. The largest absolute Gasteiger partial charge is 0.480 e. The van der Waals surface area contributed by atoms with Gasteiger partial charge < -0.3 is 5.11 Å². The Hall–Kier alpha value is -1.41. The molecule has 1 aromatic rings. The number of hydrogen-bond donors (Lipinski definition) is 2. The first kappa shape index (κ1) is 14.7. The molecular formula is C10H17N3O4S. The molecule has 18 heavy (non-hydrogen) atoms. The Balaban J connectivity index is 3.30. The molecule has 102 valence electrons. The van der Waals surface area contributed by atoms with E-state index in [0.717, 1.165) is 4.31 Å². The minimum absolute atomic E-state index is 0.0532. The van der Waals surface area contributed by atoms with Crippen LogP contribution in [0.4, 0.5) is 0 Å². The summed E-state index contributed by atoms with van der Waals surface area (Å²) in [7, 11) is -3.85. The van der Waals surface area contributed by atoms with Crippen molar-refractivity contribution >= 4 is 16.0 Å². The van der Waals surface area contributed by atoms with Crippen LogP contribution in [-0.2, 0) is 14.8 Å². The summed E-state index contributed by atoms with van der Waals surface area (Å²) in [5.74, 6) is -1.19. The van der Waals surface area contributed by atoms with Crippen LogP contribution in [0.5, 0.6) is 0 Å². The Kier molecular flexibility index (Phi) is 4.12. The smallest absolute Gasteiger partial charge is 0.318 e. The Morgan fingerprint density at radius 2 is 2.00 bits per heavy atom. The van der Waals surface area contributed by atoms with Gasteiger partial charge in [0.2, 0.25) is 10.0 Å². The van der Waals surface area contributed by atoms with E-state index in [1.807, 2.05) is 0 Å². The highest BCUT2D eigenvalue weighted by Crippen LogP contribution is 2.23. The Labute approximate surface area is 106 Å². The summed E-state index contributed by atoms with van der Waals surface area (Å²) in [5.41, 5.74) is 0.743. The van der Waals surface area contributed by atoms with Gasteiger partial charge >= 0.3 is 5.97 Å². The van der Waals surface area contributed by atoms with Crippen LogP contribution in [0.25, 0.3) is 0 Å².